The van der Waals surface area contributed by atoms with Crippen molar-refractivity contribution in [1.29, 1.82) is 0 Å². The highest BCUT2D eigenvalue weighted by Crippen LogP contribution is 2.51. The molecule has 302 valence electrons. The molecule has 0 saturated carbocycles. The van der Waals surface area contributed by atoms with E-state index in [2.05, 4.69) is 198 Å². The van der Waals surface area contributed by atoms with E-state index in [1.807, 2.05) is 30.3 Å². The molecule has 0 unspecified atom stereocenters. The SMILES string of the molecule is C=C1/C=C\C=C/CN(c2ccc(-c3cc(-c4ccc(-c5ccccc5)cc4)nc(-c4ccccc4)n3)cc2)c2c1c1c3ccccc3oc1c1c2c2ccccc2n1-c1ccccc1. The van der Waals surface area contributed by atoms with E-state index in [4.69, 9.17) is 21.0 Å². The van der Waals surface area contributed by atoms with Crippen molar-refractivity contribution in [1.82, 2.24) is 14.5 Å². The third-order valence-electron chi connectivity index (χ3n) is 12.4. The zero-order valence-electron chi connectivity index (χ0n) is 34.9. The van der Waals surface area contributed by atoms with Crippen molar-refractivity contribution in [3.63, 3.8) is 0 Å². The predicted octanol–water partition coefficient (Wildman–Crippen LogP) is 15.4. The van der Waals surface area contributed by atoms with Crippen LogP contribution in [0.5, 0.6) is 0 Å². The van der Waals surface area contributed by atoms with E-state index in [0.29, 0.717) is 12.4 Å². The van der Waals surface area contributed by atoms with Gasteiger partial charge in [-0.2, -0.15) is 0 Å². The van der Waals surface area contributed by atoms with E-state index in [9.17, 15) is 0 Å². The van der Waals surface area contributed by atoms with Gasteiger partial charge in [0.25, 0.3) is 0 Å². The minimum atomic E-state index is 0.625. The van der Waals surface area contributed by atoms with Gasteiger partial charge < -0.3 is 13.9 Å². The Morgan fingerprint density at radius 2 is 1.08 bits per heavy atom. The molecule has 1 aliphatic rings. The van der Waals surface area contributed by atoms with Crippen molar-refractivity contribution < 1.29 is 4.42 Å². The van der Waals surface area contributed by atoms with Crippen molar-refractivity contribution in [3.05, 3.63) is 231 Å². The number of hydrogen-bond acceptors (Lipinski definition) is 4. The third kappa shape index (κ3) is 6.25. The topological polar surface area (TPSA) is 47.1 Å². The fraction of sp³-hybridized carbons (Fsp3) is 0.0169. The number of nitrogens with zero attached hydrogens (tertiary/aromatic N) is 4. The molecule has 64 heavy (non-hydrogen) atoms. The first kappa shape index (κ1) is 37.2. The zero-order valence-corrected chi connectivity index (χ0v) is 34.9. The Bertz CT molecular complexity index is 3620. The number of rotatable bonds is 6. The van der Waals surface area contributed by atoms with Gasteiger partial charge in [0.2, 0.25) is 0 Å². The summed E-state index contributed by atoms with van der Waals surface area (Å²) in [4.78, 5) is 12.7. The summed E-state index contributed by atoms with van der Waals surface area (Å²) in [6, 6.07) is 67.9. The van der Waals surface area contributed by atoms with Gasteiger partial charge in [-0.3, -0.25) is 0 Å². The van der Waals surface area contributed by atoms with Crippen molar-refractivity contribution >= 4 is 60.7 Å². The summed E-state index contributed by atoms with van der Waals surface area (Å²) >= 11 is 0. The maximum Gasteiger partial charge on any atom is 0.160 e. The lowest BCUT2D eigenvalue weighted by Gasteiger charge is -2.28. The number of benzene rings is 8. The Hall–Kier alpha value is -8.54. The second-order valence-electron chi connectivity index (χ2n) is 16.2. The maximum absolute atomic E-state index is 6.96. The van der Waals surface area contributed by atoms with Crippen LogP contribution in [0.4, 0.5) is 11.4 Å². The number of anilines is 2. The molecular formula is C59H40N4O. The van der Waals surface area contributed by atoms with Crippen LogP contribution >= 0.6 is 0 Å². The Balaban J connectivity index is 1.06. The molecule has 5 heteroatoms. The summed E-state index contributed by atoms with van der Waals surface area (Å²) in [5, 5.41) is 4.36. The van der Waals surface area contributed by atoms with Gasteiger partial charge in [0, 0.05) is 61.7 Å². The maximum atomic E-state index is 6.96. The highest BCUT2D eigenvalue weighted by Gasteiger charge is 2.30. The van der Waals surface area contributed by atoms with Gasteiger partial charge in [-0.25, -0.2) is 9.97 Å². The van der Waals surface area contributed by atoms with Crippen LogP contribution in [0.1, 0.15) is 5.56 Å². The summed E-state index contributed by atoms with van der Waals surface area (Å²) in [5.74, 6) is 0.683. The third-order valence-corrected chi connectivity index (χ3v) is 12.4. The van der Waals surface area contributed by atoms with Crippen LogP contribution in [-0.2, 0) is 0 Å². The van der Waals surface area contributed by atoms with Crippen LogP contribution in [0.3, 0.4) is 0 Å². The highest BCUT2D eigenvalue weighted by atomic mass is 16.3. The molecule has 1 aliphatic heterocycles. The minimum Gasteiger partial charge on any atom is -0.454 e. The van der Waals surface area contributed by atoms with Crippen molar-refractivity contribution in [2.75, 3.05) is 11.4 Å². The number of allylic oxidation sites excluding steroid dienone is 4. The largest absolute Gasteiger partial charge is 0.454 e. The van der Waals surface area contributed by atoms with Crippen LogP contribution in [0.2, 0.25) is 0 Å². The average Bonchev–Trinajstić information content (AvgIpc) is 3.94. The second-order valence-corrected chi connectivity index (χ2v) is 16.2. The molecule has 0 amide bonds. The molecule has 4 heterocycles. The predicted molar refractivity (Wildman–Crippen MR) is 266 cm³/mol. The van der Waals surface area contributed by atoms with Crippen LogP contribution < -0.4 is 4.90 Å². The molecule has 12 rings (SSSR count). The van der Waals surface area contributed by atoms with Gasteiger partial charge in [-0.15, -0.1) is 0 Å². The summed E-state index contributed by atoms with van der Waals surface area (Å²) < 4.78 is 9.32. The fourth-order valence-corrected chi connectivity index (χ4v) is 9.39. The van der Waals surface area contributed by atoms with Crippen LogP contribution in [-0.4, -0.2) is 21.1 Å². The first-order valence-electron chi connectivity index (χ1n) is 21.6. The van der Waals surface area contributed by atoms with Gasteiger partial charge in [0.05, 0.1) is 28.1 Å². The Labute approximate surface area is 370 Å². The molecule has 0 aliphatic carbocycles. The van der Waals surface area contributed by atoms with Crippen molar-refractivity contribution in [2.45, 2.75) is 0 Å². The number of fused-ring (bicyclic) bond motifs is 10. The zero-order chi connectivity index (χ0) is 42.6. The van der Waals surface area contributed by atoms with Gasteiger partial charge in [0.1, 0.15) is 5.58 Å². The van der Waals surface area contributed by atoms with E-state index in [1.165, 1.54) is 5.56 Å². The Morgan fingerprint density at radius 1 is 0.500 bits per heavy atom. The molecule has 0 fully saturated rings. The van der Waals surface area contributed by atoms with Gasteiger partial charge in [-0.1, -0.05) is 183 Å². The number of aromatic nitrogens is 3. The molecule has 0 saturated heterocycles. The van der Waals surface area contributed by atoms with Crippen molar-refractivity contribution in [2.24, 2.45) is 0 Å². The number of hydrogen-bond donors (Lipinski definition) is 0. The molecule has 8 aromatic carbocycles. The number of furan rings is 1. The normalized spacial score (nSPS) is 13.8. The Morgan fingerprint density at radius 3 is 1.80 bits per heavy atom. The quantitative estimate of drug-likeness (QED) is 0.168. The molecule has 0 atom stereocenters. The summed E-state index contributed by atoms with van der Waals surface area (Å²) in [5.41, 5.74) is 16.0. The molecule has 3 aromatic heterocycles. The van der Waals surface area contributed by atoms with Crippen LogP contribution in [0.15, 0.2) is 229 Å². The fourth-order valence-electron chi connectivity index (χ4n) is 9.39. The molecular weight excluding hydrogens is 781 g/mol. The van der Waals surface area contributed by atoms with Gasteiger partial charge >= 0.3 is 0 Å². The molecule has 0 bridgehead atoms. The summed E-state index contributed by atoms with van der Waals surface area (Å²) in [6.07, 6.45) is 8.56. The van der Waals surface area contributed by atoms with Gasteiger partial charge in [0.15, 0.2) is 11.4 Å². The lowest BCUT2D eigenvalue weighted by molar-refractivity contribution is 0.671. The lowest BCUT2D eigenvalue weighted by atomic mass is 9.93. The number of para-hydroxylation sites is 3. The van der Waals surface area contributed by atoms with E-state index in [-0.39, 0.29) is 0 Å². The minimum absolute atomic E-state index is 0.625. The first-order chi connectivity index (χ1) is 31.7. The van der Waals surface area contributed by atoms with E-state index in [1.54, 1.807) is 0 Å². The van der Waals surface area contributed by atoms with Crippen LogP contribution in [0.25, 0.3) is 100 Å². The van der Waals surface area contributed by atoms with Gasteiger partial charge in [-0.05, 0) is 59.2 Å². The first-order valence-corrected chi connectivity index (χ1v) is 21.6. The molecule has 0 N–H and O–H groups in total. The molecule has 0 spiro atoms. The van der Waals surface area contributed by atoms with Crippen LogP contribution in [0, 0.1) is 0 Å². The van der Waals surface area contributed by atoms with Crippen molar-refractivity contribution in [3.8, 4) is 50.7 Å². The lowest BCUT2D eigenvalue weighted by Crippen LogP contribution is -2.19. The second kappa shape index (κ2) is 15.4. The molecule has 5 nitrogen and oxygen atoms in total. The Kier molecular flexibility index (Phi) is 8.97. The highest BCUT2D eigenvalue weighted by molar-refractivity contribution is 6.30. The monoisotopic (exact) mass is 820 g/mol. The van der Waals surface area contributed by atoms with E-state index < -0.39 is 0 Å². The summed E-state index contributed by atoms with van der Waals surface area (Å²) in [7, 11) is 0. The van der Waals surface area contributed by atoms with E-state index >= 15 is 0 Å². The average molecular weight is 821 g/mol. The standard InChI is InChI=1S/C59H40N4O/c1-39-18-6-5-17-37-62(56-53(39)54-48-26-14-16-28-52(48)64-58(54)57-55(56)47-25-13-15-27-51(47)63(57)46-23-11-4-12-24-46)45-35-33-43(34-36-45)50-38-49(60-59(61-50)44-21-9-3-10-22-44)42-31-29-41(30-32-42)40-19-7-2-8-20-40/h2-36,38H,1,37H2/b17-5-,18-6-. The molecule has 11 aromatic rings. The summed E-state index contributed by atoms with van der Waals surface area (Å²) in [6.45, 7) is 5.37. The smallest absolute Gasteiger partial charge is 0.160 e. The molecule has 0 radical (unpaired) electrons. The van der Waals surface area contributed by atoms with E-state index in [0.717, 1.165) is 106 Å².